The highest BCUT2D eigenvalue weighted by atomic mass is 19.2. The molecule has 0 aromatic heterocycles. The smallest absolute Gasteiger partial charge is 0.166 e. The summed E-state index contributed by atoms with van der Waals surface area (Å²) in [5, 5.41) is 0. The standard InChI is InChI=1S/C30H32F4O2/c1-3-36-18-23-11-10-22(27(31)28(23)32)9-6-19-4-7-20(8-5-19)25-16-17-26(30(34)29(25)33)21-12-14-24(35-2)15-13-21/h4-5,7-8,10-11,16-17,21,24H,3,6,9,12-15,18H2,1-2H3. The highest BCUT2D eigenvalue weighted by molar-refractivity contribution is 5.65. The number of halogens is 4. The number of ether oxygens (including phenoxy) is 2. The van der Waals surface area contributed by atoms with E-state index in [1.807, 2.05) is 12.1 Å². The SMILES string of the molecule is CCOCc1ccc(CCc2ccc(-c3ccc(C4CCC(OC)CC4)c(F)c3F)cc2)c(F)c1F. The van der Waals surface area contributed by atoms with Crippen LogP contribution >= 0.6 is 0 Å². The Kier molecular flexibility index (Phi) is 8.81. The van der Waals surface area contributed by atoms with Gasteiger partial charge < -0.3 is 9.47 Å². The van der Waals surface area contributed by atoms with Crippen molar-refractivity contribution in [3.05, 3.63) is 94.1 Å². The van der Waals surface area contributed by atoms with E-state index < -0.39 is 23.3 Å². The molecule has 2 nitrogen and oxygen atoms in total. The molecule has 6 heteroatoms. The van der Waals surface area contributed by atoms with Crippen molar-refractivity contribution in [1.29, 1.82) is 0 Å². The summed E-state index contributed by atoms with van der Waals surface area (Å²) in [4.78, 5) is 0. The summed E-state index contributed by atoms with van der Waals surface area (Å²) in [5.41, 5.74) is 2.60. The number of methoxy groups -OCH3 is 1. The highest BCUT2D eigenvalue weighted by Crippen LogP contribution is 2.37. The van der Waals surface area contributed by atoms with Crippen LogP contribution in [0.15, 0.2) is 48.5 Å². The fourth-order valence-corrected chi connectivity index (χ4v) is 4.99. The summed E-state index contributed by atoms with van der Waals surface area (Å²) in [7, 11) is 1.69. The molecule has 4 rings (SSSR count). The van der Waals surface area contributed by atoms with Gasteiger partial charge in [0.05, 0.1) is 12.7 Å². The van der Waals surface area contributed by atoms with Crippen molar-refractivity contribution in [2.45, 2.75) is 64.1 Å². The van der Waals surface area contributed by atoms with E-state index in [0.717, 1.165) is 31.2 Å². The molecule has 0 saturated heterocycles. The first kappa shape index (κ1) is 26.4. The van der Waals surface area contributed by atoms with Crippen molar-refractivity contribution < 1.29 is 27.0 Å². The number of hydrogen-bond donors (Lipinski definition) is 0. The third-order valence-electron chi connectivity index (χ3n) is 7.21. The Bertz CT molecular complexity index is 1170. The van der Waals surface area contributed by atoms with Crippen molar-refractivity contribution in [3.8, 4) is 11.1 Å². The Morgan fingerprint density at radius 3 is 2.06 bits per heavy atom. The Balaban J connectivity index is 1.43. The van der Waals surface area contributed by atoms with Crippen LogP contribution in [0.5, 0.6) is 0 Å². The maximum Gasteiger partial charge on any atom is 0.166 e. The molecule has 0 radical (unpaired) electrons. The molecule has 0 aliphatic heterocycles. The van der Waals surface area contributed by atoms with E-state index in [4.69, 9.17) is 9.47 Å². The first-order valence-electron chi connectivity index (χ1n) is 12.6. The number of benzene rings is 3. The molecule has 0 amide bonds. The van der Waals surface area contributed by atoms with Gasteiger partial charge in [-0.3, -0.25) is 0 Å². The van der Waals surface area contributed by atoms with E-state index >= 15 is 4.39 Å². The molecule has 0 heterocycles. The highest BCUT2D eigenvalue weighted by Gasteiger charge is 2.26. The number of aryl methyl sites for hydroxylation is 2. The Hall–Kier alpha value is -2.70. The predicted octanol–water partition coefficient (Wildman–Crippen LogP) is 7.90. The summed E-state index contributed by atoms with van der Waals surface area (Å²) in [5.74, 6) is -3.33. The summed E-state index contributed by atoms with van der Waals surface area (Å²) < 4.78 is 69.3. The Morgan fingerprint density at radius 1 is 0.722 bits per heavy atom. The molecule has 3 aromatic carbocycles. The summed E-state index contributed by atoms with van der Waals surface area (Å²) in [6, 6.07) is 13.6. The van der Waals surface area contributed by atoms with Crippen LogP contribution in [0, 0.1) is 23.3 Å². The molecule has 0 spiro atoms. The molecular weight excluding hydrogens is 468 g/mol. The second-order valence-electron chi connectivity index (χ2n) is 9.39. The van der Waals surface area contributed by atoms with Gasteiger partial charge in [0.15, 0.2) is 23.3 Å². The van der Waals surface area contributed by atoms with E-state index in [2.05, 4.69) is 0 Å². The van der Waals surface area contributed by atoms with E-state index in [1.54, 1.807) is 50.4 Å². The van der Waals surface area contributed by atoms with Crippen LogP contribution in [0.25, 0.3) is 11.1 Å². The molecule has 1 aliphatic carbocycles. The lowest BCUT2D eigenvalue weighted by Gasteiger charge is -2.28. The van der Waals surface area contributed by atoms with Gasteiger partial charge in [0.25, 0.3) is 0 Å². The monoisotopic (exact) mass is 500 g/mol. The van der Waals surface area contributed by atoms with Gasteiger partial charge in [-0.2, -0.15) is 0 Å². The van der Waals surface area contributed by atoms with Crippen molar-refractivity contribution >= 4 is 0 Å². The first-order chi connectivity index (χ1) is 17.4. The van der Waals surface area contributed by atoms with Gasteiger partial charge >= 0.3 is 0 Å². The largest absolute Gasteiger partial charge is 0.381 e. The maximum absolute atomic E-state index is 15.0. The molecule has 0 unspecified atom stereocenters. The summed E-state index contributed by atoms with van der Waals surface area (Å²) in [6.45, 7) is 2.26. The third kappa shape index (κ3) is 5.81. The van der Waals surface area contributed by atoms with Gasteiger partial charge in [0.1, 0.15) is 0 Å². The van der Waals surface area contributed by atoms with Crippen LogP contribution in [-0.4, -0.2) is 19.8 Å². The molecule has 1 aliphatic rings. The fourth-order valence-electron chi connectivity index (χ4n) is 4.99. The van der Waals surface area contributed by atoms with Crippen LogP contribution in [0.3, 0.4) is 0 Å². The lowest BCUT2D eigenvalue weighted by molar-refractivity contribution is 0.0655. The van der Waals surface area contributed by atoms with Gasteiger partial charge in [-0.15, -0.1) is 0 Å². The van der Waals surface area contributed by atoms with Crippen LogP contribution in [-0.2, 0) is 28.9 Å². The molecule has 0 atom stereocenters. The molecular formula is C30H32F4O2. The Morgan fingerprint density at radius 2 is 1.39 bits per heavy atom. The van der Waals surface area contributed by atoms with Gasteiger partial charge in [-0.05, 0) is 73.6 Å². The molecule has 192 valence electrons. The van der Waals surface area contributed by atoms with Crippen molar-refractivity contribution in [2.75, 3.05) is 13.7 Å². The average molecular weight is 501 g/mol. The Labute approximate surface area is 210 Å². The quantitative estimate of drug-likeness (QED) is 0.278. The van der Waals surface area contributed by atoms with Crippen LogP contribution in [0.2, 0.25) is 0 Å². The van der Waals surface area contributed by atoms with Gasteiger partial charge in [0.2, 0.25) is 0 Å². The molecule has 0 N–H and O–H groups in total. The number of rotatable bonds is 9. The van der Waals surface area contributed by atoms with Crippen molar-refractivity contribution in [3.63, 3.8) is 0 Å². The lowest BCUT2D eigenvalue weighted by Crippen LogP contribution is -2.20. The second kappa shape index (κ2) is 12.0. The van der Waals surface area contributed by atoms with Crippen LogP contribution in [0.1, 0.15) is 60.8 Å². The maximum atomic E-state index is 15.0. The zero-order chi connectivity index (χ0) is 25.7. The summed E-state index contributed by atoms with van der Waals surface area (Å²) in [6.07, 6.45) is 4.26. The van der Waals surface area contributed by atoms with Crippen molar-refractivity contribution in [1.82, 2.24) is 0 Å². The van der Waals surface area contributed by atoms with Crippen LogP contribution in [0.4, 0.5) is 17.6 Å². The van der Waals surface area contributed by atoms with E-state index in [-0.39, 0.29) is 29.8 Å². The van der Waals surface area contributed by atoms with E-state index in [1.165, 1.54) is 0 Å². The molecule has 36 heavy (non-hydrogen) atoms. The summed E-state index contributed by atoms with van der Waals surface area (Å²) >= 11 is 0. The van der Waals surface area contributed by atoms with Gasteiger partial charge in [-0.25, -0.2) is 17.6 Å². The average Bonchev–Trinajstić information content (AvgIpc) is 2.91. The normalized spacial score (nSPS) is 17.9. The minimum atomic E-state index is -0.871. The second-order valence-corrected chi connectivity index (χ2v) is 9.39. The van der Waals surface area contributed by atoms with E-state index in [9.17, 15) is 13.2 Å². The molecule has 1 fully saturated rings. The predicted molar refractivity (Wildman–Crippen MR) is 133 cm³/mol. The zero-order valence-electron chi connectivity index (χ0n) is 20.8. The minimum Gasteiger partial charge on any atom is -0.381 e. The lowest BCUT2D eigenvalue weighted by atomic mass is 9.82. The topological polar surface area (TPSA) is 18.5 Å². The van der Waals surface area contributed by atoms with Crippen LogP contribution < -0.4 is 0 Å². The minimum absolute atomic E-state index is 0.000736. The fraction of sp³-hybridized carbons (Fsp3) is 0.400. The number of hydrogen-bond acceptors (Lipinski definition) is 2. The van der Waals surface area contributed by atoms with Gasteiger partial charge in [-0.1, -0.05) is 48.5 Å². The van der Waals surface area contributed by atoms with E-state index in [0.29, 0.717) is 36.1 Å². The van der Waals surface area contributed by atoms with Gasteiger partial charge in [0, 0.05) is 24.8 Å². The molecule has 3 aromatic rings. The van der Waals surface area contributed by atoms with Crippen molar-refractivity contribution in [2.24, 2.45) is 0 Å². The molecule has 0 bridgehead atoms. The molecule has 1 saturated carbocycles. The third-order valence-corrected chi connectivity index (χ3v) is 7.21. The zero-order valence-corrected chi connectivity index (χ0v) is 20.8. The first-order valence-corrected chi connectivity index (χ1v) is 12.6.